The number of pyridine rings is 1. The maximum Gasteiger partial charge on any atom is 0.433 e. The number of aromatic nitrogens is 1. The zero-order valence-corrected chi connectivity index (χ0v) is 28.9. The van der Waals surface area contributed by atoms with Gasteiger partial charge in [-0.1, -0.05) is 90.0 Å². The van der Waals surface area contributed by atoms with Crippen LogP contribution in [0, 0.1) is 0 Å². The number of halogens is 3. The van der Waals surface area contributed by atoms with Gasteiger partial charge in [-0.25, -0.2) is 9.78 Å². The molecular weight excluding hydrogens is 692 g/mol. The van der Waals surface area contributed by atoms with Crippen LogP contribution in [0.25, 0.3) is 11.1 Å². The first kappa shape index (κ1) is 38.1. The van der Waals surface area contributed by atoms with Crippen LogP contribution in [0.15, 0.2) is 84.9 Å². The number of aliphatic carboxylic acids is 1. The van der Waals surface area contributed by atoms with E-state index in [0.29, 0.717) is 18.1 Å². The molecule has 14 heteroatoms. The molecule has 0 unspecified atom stereocenters. The highest BCUT2D eigenvalue weighted by Crippen LogP contribution is 2.44. The van der Waals surface area contributed by atoms with Crippen LogP contribution in [0.3, 0.4) is 0 Å². The van der Waals surface area contributed by atoms with E-state index in [1.54, 1.807) is 0 Å². The second-order valence-corrected chi connectivity index (χ2v) is 13.3. The van der Waals surface area contributed by atoms with Crippen molar-refractivity contribution in [2.24, 2.45) is 0 Å². The third kappa shape index (κ3) is 10.7. The average molecular weight is 728 g/mol. The Bertz CT molecular complexity index is 1740. The first-order valence-electron chi connectivity index (χ1n) is 15.8. The van der Waals surface area contributed by atoms with Gasteiger partial charge in [0, 0.05) is 42.1 Å². The van der Waals surface area contributed by atoms with E-state index in [0.717, 1.165) is 28.3 Å². The molecule has 5 rings (SSSR count). The molecule has 3 N–H and O–H groups in total. The van der Waals surface area contributed by atoms with E-state index in [4.69, 9.17) is 14.6 Å². The fourth-order valence-electron chi connectivity index (χ4n) is 5.06. The Hall–Kier alpha value is -4.69. The van der Waals surface area contributed by atoms with Crippen molar-refractivity contribution in [2.75, 3.05) is 24.7 Å². The van der Waals surface area contributed by atoms with Crippen LogP contribution in [0.5, 0.6) is 11.6 Å². The number of fused-ring (bicyclic) bond motifs is 3. The second kappa shape index (κ2) is 18.3. The van der Waals surface area contributed by atoms with Gasteiger partial charge in [0.2, 0.25) is 5.88 Å². The molecule has 1 heterocycles. The molecular formula is C36H36F3N3O6S2. The Morgan fingerprint density at radius 3 is 2.18 bits per heavy atom. The van der Waals surface area contributed by atoms with Crippen molar-refractivity contribution in [1.82, 2.24) is 15.6 Å². The first-order valence-corrected chi connectivity index (χ1v) is 18.3. The lowest BCUT2D eigenvalue weighted by Crippen LogP contribution is -2.26. The summed E-state index contributed by atoms with van der Waals surface area (Å²) < 4.78 is 52.3. The summed E-state index contributed by atoms with van der Waals surface area (Å²) in [5.41, 5.74) is 3.28. The van der Waals surface area contributed by atoms with Gasteiger partial charge in [-0.15, -0.1) is 0 Å². The van der Waals surface area contributed by atoms with E-state index in [-0.39, 0.29) is 48.2 Å². The normalized spacial score (nSPS) is 11.8. The minimum absolute atomic E-state index is 0.0485. The minimum Gasteiger partial charge on any atom is -0.481 e. The van der Waals surface area contributed by atoms with Crippen LogP contribution in [-0.4, -0.2) is 52.7 Å². The number of hydrogen-bond donors (Lipinski definition) is 3. The maximum absolute atomic E-state index is 13.7. The van der Waals surface area contributed by atoms with Crippen molar-refractivity contribution in [2.45, 2.75) is 38.9 Å². The van der Waals surface area contributed by atoms with E-state index >= 15 is 0 Å². The standard InChI is InChI=1S/C34H30F3N3O6S2.C2H6/c35-34(36,37)29-16-21(19-39-33(44)45-20-28-26-10-3-1-8-24(26)25-9-2-4-11-27(25)28)17-30(40-29)46-23-7-5-6-22(18-23)32(43)38-13-15-48-47-14-12-31(41)42;1-2/h1-11,16-18,28H,12-15,19-20H2,(H,38,43)(H,39,44)(H,41,42);1-2H3. The van der Waals surface area contributed by atoms with Crippen molar-refractivity contribution in [3.05, 3.63) is 113 Å². The summed E-state index contributed by atoms with van der Waals surface area (Å²) in [4.78, 5) is 39.4. The smallest absolute Gasteiger partial charge is 0.433 e. The fraction of sp³-hybridized carbons (Fsp3) is 0.278. The number of amides is 2. The number of hydrogen-bond acceptors (Lipinski definition) is 8. The molecule has 0 fully saturated rings. The zero-order valence-electron chi connectivity index (χ0n) is 27.3. The molecule has 0 aliphatic heterocycles. The number of nitrogens with one attached hydrogen (secondary N) is 2. The second-order valence-electron chi connectivity index (χ2n) is 10.5. The highest BCUT2D eigenvalue weighted by Gasteiger charge is 2.34. The number of carboxylic acids is 1. The van der Waals surface area contributed by atoms with Crippen LogP contribution >= 0.6 is 21.6 Å². The highest BCUT2D eigenvalue weighted by molar-refractivity contribution is 8.76. The Morgan fingerprint density at radius 1 is 0.860 bits per heavy atom. The number of nitrogens with zero attached hydrogens (tertiary/aromatic N) is 1. The highest BCUT2D eigenvalue weighted by atomic mass is 33.1. The number of rotatable bonds is 14. The number of carboxylic acid groups (broad SMARTS) is 1. The minimum atomic E-state index is -4.79. The quantitative estimate of drug-likeness (QED) is 0.0865. The van der Waals surface area contributed by atoms with E-state index in [1.807, 2.05) is 62.4 Å². The maximum atomic E-state index is 13.7. The van der Waals surface area contributed by atoms with Crippen LogP contribution in [-0.2, 0) is 22.3 Å². The Labute approximate surface area is 295 Å². The molecule has 264 valence electrons. The number of alkyl halides is 3. The number of alkyl carbamates (subject to hydrolysis) is 1. The SMILES string of the molecule is CC.O=C(O)CCSSCCNC(=O)c1cccc(Oc2cc(CNC(=O)OCC3c4ccccc4-c4ccccc43)cc(C(F)(F)F)n2)c1. The summed E-state index contributed by atoms with van der Waals surface area (Å²) in [6, 6.07) is 23.7. The molecule has 1 aromatic heterocycles. The predicted octanol–water partition coefficient (Wildman–Crippen LogP) is 8.54. The molecule has 50 heavy (non-hydrogen) atoms. The van der Waals surface area contributed by atoms with Crippen molar-refractivity contribution in [3.8, 4) is 22.8 Å². The van der Waals surface area contributed by atoms with Gasteiger partial charge in [0.15, 0.2) is 0 Å². The average Bonchev–Trinajstić information content (AvgIpc) is 3.43. The number of benzene rings is 3. The molecule has 9 nitrogen and oxygen atoms in total. The van der Waals surface area contributed by atoms with Gasteiger partial charge in [-0.2, -0.15) is 13.2 Å². The molecule has 3 aromatic carbocycles. The summed E-state index contributed by atoms with van der Waals surface area (Å²) in [7, 11) is 2.82. The molecule has 0 atom stereocenters. The van der Waals surface area contributed by atoms with Gasteiger partial charge in [-0.3, -0.25) is 9.59 Å². The van der Waals surface area contributed by atoms with Gasteiger partial charge < -0.3 is 25.2 Å². The molecule has 1 aliphatic carbocycles. The number of ether oxygens (including phenoxy) is 2. The molecule has 0 saturated heterocycles. The lowest BCUT2D eigenvalue weighted by molar-refractivity contribution is -0.141. The molecule has 0 spiro atoms. The Kier molecular flexibility index (Phi) is 14.0. The third-order valence-electron chi connectivity index (χ3n) is 7.20. The van der Waals surface area contributed by atoms with E-state index in [9.17, 15) is 27.6 Å². The topological polar surface area (TPSA) is 127 Å². The molecule has 4 aromatic rings. The van der Waals surface area contributed by atoms with Crippen molar-refractivity contribution < 1.29 is 42.1 Å². The number of carbonyl (C=O) groups excluding carboxylic acids is 2. The van der Waals surface area contributed by atoms with Gasteiger partial charge in [0.05, 0.1) is 6.42 Å². The van der Waals surface area contributed by atoms with Crippen LogP contribution < -0.4 is 15.4 Å². The molecule has 0 bridgehead atoms. The van der Waals surface area contributed by atoms with E-state index in [1.165, 1.54) is 51.9 Å². The monoisotopic (exact) mass is 727 g/mol. The summed E-state index contributed by atoms with van der Waals surface area (Å²) in [5, 5.41) is 13.9. The zero-order chi connectivity index (χ0) is 36.1. The van der Waals surface area contributed by atoms with Gasteiger partial charge in [-0.05, 0) is 52.1 Å². The molecule has 0 saturated carbocycles. The van der Waals surface area contributed by atoms with Gasteiger partial charge >= 0.3 is 18.2 Å². The number of carbonyl (C=O) groups is 3. The lowest BCUT2D eigenvalue weighted by Gasteiger charge is -2.15. The lowest BCUT2D eigenvalue weighted by atomic mass is 9.98. The third-order valence-corrected chi connectivity index (χ3v) is 9.61. The van der Waals surface area contributed by atoms with Crippen LogP contribution in [0.2, 0.25) is 0 Å². The van der Waals surface area contributed by atoms with E-state index < -0.39 is 29.8 Å². The summed E-state index contributed by atoms with van der Waals surface area (Å²) in [6.45, 7) is 4.09. The Balaban J connectivity index is 0.00000276. The molecule has 1 aliphatic rings. The predicted molar refractivity (Wildman–Crippen MR) is 189 cm³/mol. The largest absolute Gasteiger partial charge is 0.481 e. The molecule has 0 radical (unpaired) electrons. The van der Waals surface area contributed by atoms with Crippen molar-refractivity contribution in [3.63, 3.8) is 0 Å². The van der Waals surface area contributed by atoms with Crippen LogP contribution in [0.1, 0.15) is 58.9 Å². The summed E-state index contributed by atoms with van der Waals surface area (Å²) in [5.74, 6) is -0.754. The first-order chi connectivity index (χ1) is 24.1. The van der Waals surface area contributed by atoms with Gasteiger partial charge in [0.25, 0.3) is 5.91 Å². The van der Waals surface area contributed by atoms with E-state index in [2.05, 4.69) is 15.6 Å². The Morgan fingerprint density at radius 2 is 1.52 bits per heavy atom. The molecule has 2 amide bonds. The summed E-state index contributed by atoms with van der Waals surface area (Å²) >= 11 is 0. The summed E-state index contributed by atoms with van der Waals surface area (Å²) in [6.07, 6.45) is -5.53. The fourth-order valence-corrected chi connectivity index (χ4v) is 6.95. The van der Waals surface area contributed by atoms with Crippen LogP contribution in [0.4, 0.5) is 18.0 Å². The van der Waals surface area contributed by atoms with Crippen molar-refractivity contribution in [1.29, 1.82) is 0 Å². The van der Waals surface area contributed by atoms with Gasteiger partial charge in [0.1, 0.15) is 18.1 Å². The van der Waals surface area contributed by atoms with Crippen molar-refractivity contribution >= 4 is 39.6 Å².